The van der Waals surface area contributed by atoms with Crippen LogP contribution in [0.4, 0.5) is 17.1 Å². The molecule has 210 valence electrons. The van der Waals surface area contributed by atoms with Gasteiger partial charge in [-0.15, -0.1) is 22.7 Å². The molecule has 0 aliphatic heterocycles. The Bertz CT molecular complexity index is 2770. The molecule has 45 heavy (non-hydrogen) atoms. The van der Waals surface area contributed by atoms with Crippen molar-refractivity contribution in [3.63, 3.8) is 0 Å². The van der Waals surface area contributed by atoms with E-state index in [1.54, 1.807) is 0 Å². The van der Waals surface area contributed by atoms with Crippen molar-refractivity contribution >= 4 is 112 Å². The minimum Gasteiger partial charge on any atom is -0.310 e. The Morgan fingerprint density at radius 3 is 1.80 bits per heavy atom. The minimum absolute atomic E-state index is 1.15. The normalized spacial score (nSPS) is 12.0. The number of hydrogen-bond acceptors (Lipinski definition) is 3. The van der Waals surface area contributed by atoms with Gasteiger partial charge in [-0.2, -0.15) is 0 Å². The van der Waals surface area contributed by atoms with E-state index >= 15 is 0 Å². The van der Waals surface area contributed by atoms with E-state index < -0.39 is 0 Å². The highest BCUT2D eigenvalue weighted by molar-refractivity contribution is 7.27. The van der Waals surface area contributed by atoms with Gasteiger partial charge >= 0.3 is 0 Å². The second kappa shape index (κ2) is 9.64. The Balaban J connectivity index is 1.24. The van der Waals surface area contributed by atoms with Crippen molar-refractivity contribution in [3.05, 3.63) is 152 Å². The molecule has 0 amide bonds. The van der Waals surface area contributed by atoms with Crippen LogP contribution in [-0.2, 0) is 0 Å². The summed E-state index contributed by atoms with van der Waals surface area (Å²) >= 11 is 3.77. The van der Waals surface area contributed by atoms with Crippen molar-refractivity contribution in [3.8, 4) is 0 Å². The van der Waals surface area contributed by atoms with Gasteiger partial charge in [0, 0.05) is 62.8 Å². The molecule has 0 saturated carbocycles. The van der Waals surface area contributed by atoms with Crippen LogP contribution >= 0.6 is 22.7 Å². The Morgan fingerprint density at radius 2 is 0.956 bits per heavy atom. The van der Waals surface area contributed by atoms with Gasteiger partial charge in [0.2, 0.25) is 0 Å². The summed E-state index contributed by atoms with van der Waals surface area (Å²) in [5, 5.41) is 13.2. The average Bonchev–Trinajstić information content (AvgIpc) is 3.68. The first kappa shape index (κ1) is 25.1. The maximum atomic E-state index is 2.39. The summed E-state index contributed by atoms with van der Waals surface area (Å²) < 4.78 is 5.36. The summed E-state index contributed by atoms with van der Waals surface area (Å²) in [7, 11) is 0. The molecule has 0 unspecified atom stereocenters. The molecule has 10 aromatic rings. The predicted octanol–water partition coefficient (Wildman–Crippen LogP) is 13.4. The van der Waals surface area contributed by atoms with Gasteiger partial charge in [-0.3, -0.25) is 0 Å². The molecule has 0 atom stereocenters. The van der Waals surface area contributed by atoms with Crippen LogP contribution in [0, 0.1) is 0 Å². The second-order valence-corrected chi connectivity index (χ2v) is 13.8. The fraction of sp³-hybridized carbons (Fsp3) is 0. The SMILES string of the molecule is c1ccc(N(c2ccc3c(ccc4c3c3ccccc3c3sc5ccccc5c43)c2)c2ccc3sc4ccccc4c3c2)cc1. The van der Waals surface area contributed by atoms with Crippen molar-refractivity contribution in [2.45, 2.75) is 0 Å². The number of nitrogens with zero attached hydrogens (tertiary/aromatic N) is 1. The molecule has 0 aliphatic rings. The quantitative estimate of drug-likeness (QED) is 0.181. The highest BCUT2D eigenvalue weighted by Gasteiger charge is 2.18. The van der Waals surface area contributed by atoms with Gasteiger partial charge in [0.25, 0.3) is 0 Å². The molecular formula is C42H25NS2. The van der Waals surface area contributed by atoms with Crippen molar-refractivity contribution in [2.24, 2.45) is 0 Å². The Morgan fingerprint density at radius 1 is 0.333 bits per heavy atom. The Kier molecular flexibility index (Phi) is 5.39. The van der Waals surface area contributed by atoms with E-state index in [0.717, 1.165) is 17.1 Å². The van der Waals surface area contributed by atoms with E-state index in [1.165, 1.54) is 72.7 Å². The molecule has 8 aromatic carbocycles. The number of para-hydroxylation sites is 1. The zero-order valence-corrected chi connectivity index (χ0v) is 25.8. The number of thiophene rings is 2. The number of benzene rings is 8. The minimum atomic E-state index is 1.15. The van der Waals surface area contributed by atoms with Crippen LogP contribution in [0.5, 0.6) is 0 Å². The highest BCUT2D eigenvalue weighted by atomic mass is 32.1. The van der Waals surface area contributed by atoms with E-state index in [2.05, 4.69) is 157 Å². The largest absolute Gasteiger partial charge is 0.310 e. The highest BCUT2D eigenvalue weighted by Crippen LogP contribution is 2.47. The molecule has 0 saturated heterocycles. The van der Waals surface area contributed by atoms with Crippen molar-refractivity contribution < 1.29 is 0 Å². The molecule has 2 aromatic heterocycles. The van der Waals surface area contributed by atoms with Gasteiger partial charge in [-0.1, -0.05) is 97.1 Å². The van der Waals surface area contributed by atoms with Gasteiger partial charge in [-0.05, 0) is 81.5 Å². The zero-order valence-electron chi connectivity index (χ0n) is 24.2. The second-order valence-electron chi connectivity index (χ2n) is 11.7. The van der Waals surface area contributed by atoms with E-state index in [1.807, 2.05) is 22.7 Å². The van der Waals surface area contributed by atoms with Crippen molar-refractivity contribution in [2.75, 3.05) is 4.90 Å². The van der Waals surface area contributed by atoms with Crippen LogP contribution in [0.2, 0.25) is 0 Å². The topological polar surface area (TPSA) is 3.24 Å². The number of hydrogen-bond donors (Lipinski definition) is 0. The third-order valence-corrected chi connectivity index (χ3v) is 11.6. The molecule has 0 bridgehead atoms. The van der Waals surface area contributed by atoms with Crippen LogP contribution in [0.25, 0.3) is 72.7 Å². The third kappa shape index (κ3) is 3.72. The molecule has 0 fully saturated rings. The Labute approximate surface area is 267 Å². The number of fused-ring (bicyclic) bond motifs is 13. The number of rotatable bonds is 3. The molecule has 0 aliphatic carbocycles. The van der Waals surface area contributed by atoms with E-state index in [-0.39, 0.29) is 0 Å². The van der Waals surface area contributed by atoms with Gasteiger partial charge < -0.3 is 4.90 Å². The molecular weight excluding hydrogens is 583 g/mol. The smallest absolute Gasteiger partial charge is 0.0468 e. The summed E-state index contributed by atoms with van der Waals surface area (Å²) in [6.07, 6.45) is 0. The van der Waals surface area contributed by atoms with Gasteiger partial charge in [0.05, 0.1) is 0 Å². The maximum absolute atomic E-state index is 2.39. The fourth-order valence-electron chi connectivity index (χ4n) is 7.23. The molecule has 3 heteroatoms. The van der Waals surface area contributed by atoms with Crippen molar-refractivity contribution in [1.29, 1.82) is 0 Å². The van der Waals surface area contributed by atoms with Crippen LogP contribution in [-0.4, -0.2) is 0 Å². The predicted molar refractivity (Wildman–Crippen MR) is 199 cm³/mol. The first-order valence-electron chi connectivity index (χ1n) is 15.3. The van der Waals surface area contributed by atoms with Crippen LogP contribution in [0.15, 0.2) is 152 Å². The summed E-state index contributed by atoms with van der Waals surface area (Å²) in [6.45, 7) is 0. The lowest BCUT2D eigenvalue weighted by atomic mass is 9.93. The standard InChI is InChI=1S/C42H25NS2/c1-2-10-27(11-3-1)43(29-20-23-39-36(25-29)31-12-6-8-16-37(31)44-39)28-19-22-30-26(24-28)18-21-35-40(30)32-13-4-5-14-33(32)42-41(35)34-15-7-9-17-38(34)45-42/h1-25H. The van der Waals surface area contributed by atoms with E-state index in [4.69, 9.17) is 0 Å². The molecule has 10 rings (SSSR count). The summed E-state index contributed by atoms with van der Waals surface area (Å²) in [6, 6.07) is 55.8. The lowest BCUT2D eigenvalue weighted by Crippen LogP contribution is -2.09. The molecule has 2 heterocycles. The Hall–Kier alpha value is -5.22. The van der Waals surface area contributed by atoms with Gasteiger partial charge in [-0.25, -0.2) is 0 Å². The summed E-state index contributed by atoms with van der Waals surface area (Å²) in [5.41, 5.74) is 3.46. The monoisotopic (exact) mass is 607 g/mol. The maximum Gasteiger partial charge on any atom is 0.0468 e. The lowest BCUT2D eigenvalue weighted by Gasteiger charge is -2.26. The first-order valence-corrected chi connectivity index (χ1v) is 16.9. The van der Waals surface area contributed by atoms with Crippen LogP contribution < -0.4 is 4.90 Å². The molecule has 0 N–H and O–H groups in total. The van der Waals surface area contributed by atoms with Crippen molar-refractivity contribution in [1.82, 2.24) is 0 Å². The summed E-state index contributed by atoms with van der Waals surface area (Å²) in [4.78, 5) is 2.39. The third-order valence-electron chi connectivity index (χ3n) is 9.20. The average molecular weight is 608 g/mol. The van der Waals surface area contributed by atoms with Crippen LogP contribution in [0.1, 0.15) is 0 Å². The van der Waals surface area contributed by atoms with Gasteiger partial charge in [0.1, 0.15) is 0 Å². The molecule has 1 nitrogen and oxygen atoms in total. The first-order chi connectivity index (χ1) is 22.3. The molecule has 0 radical (unpaired) electrons. The zero-order chi connectivity index (χ0) is 29.5. The number of anilines is 3. The van der Waals surface area contributed by atoms with E-state index in [0.29, 0.717) is 0 Å². The summed E-state index contributed by atoms with van der Waals surface area (Å²) in [5.74, 6) is 0. The van der Waals surface area contributed by atoms with E-state index in [9.17, 15) is 0 Å². The lowest BCUT2D eigenvalue weighted by molar-refractivity contribution is 1.30. The van der Waals surface area contributed by atoms with Gasteiger partial charge in [0.15, 0.2) is 0 Å². The fourth-order valence-corrected chi connectivity index (χ4v) is 9.58. The van der Waals surface area contributed by atoms with Crippen LogP contribution in [0.3, 0.4) is 0 Å². The molecule has 0 spiro atoms.